The average molecular weight is 248 g/mol. The molecule has 0 heterocycles. The summed E-state index contributed by atoms with van der Waals surface area (Å²) in [6, 6.07) is 4.31. The number of amides is 1. The number of nitro groups is 1. The molecular formula is C13H16N2O3. The maximum atomic E-state index is 12.1. The second-order valence-corrected chi connectivity index (χ2v) is 3.75. The predicted molar refractivity (Wildman–Crippen MR) is 70.4 cm³/mol. The number of carbonyl (C=O) groups excluding carboxylic acids is 1. The van der Waals surface area contributed by atoms with Gasteiger partial charge < -0.3 is 4.90 Å². The highest BCUT2D eigenvalue weighted by Gasteiger charge is 2.17. The molecule has 96 valence electrons. The lowest BCUT2D eigenvalue weighted by Crippen LogP contribution is -2.30. The van der Waals surface area contributed by atoms with Gasteiger partial charge in [-0.25, -0.2) is 0 Å². The van der Waals surface area contributed by atoms with Gasteiger partial charge in [0.15, 0.2) is 0 Å². The van der Waals surface area contributed by atoms with Crippen LogP contribution in [0.4, 0.5) is 5.69 Å². The van der Waals surface area contributed by atoms with Crippen LogP contribution in [0, 0.1) is 10.1 Å². The fourth-order valence-corrected chi connectivity index (χ4v) is 1.67. The van der Waals surface area contributed by atoms with E-state index >= 15 is 0 Å². The number of hydrogen-bond donors (Lipinski definition) is 0. The standard InChI is InChI=1S/C13H16N2O3/c1-4-10-7-11(9-12(8-10)15(17)18)13(16)14(5-2)6-3/h4,7-9H,1,5-6H2,2-3H3. The van der Waals surface area contributed by atoms with Gasteiger partial charge in [-0.3, -0.25) is 14.9 Å². The highest BCUT2D eigenvalue weighted by atomic mass is 16.6. The van der Waals surface area contributed by atoms with E-state index in [-0.39, 0.29) is 11.6 Å². The monoisotopic (exact) mass is 248 g/mol. The van der Waals surface area contributed by atoms with E-state index < -0.39 is 4.92 Å². The zero-order valence-electron chi connectivity index (χ0n) is 10.5. The first-order valence-electron chi connectivity index (χ1n) is 5.74. The molecule has 0 aliphatic heterocycles. The van der Waals surface area contributed by atoms with Crippen molar-refractivity contribution in [2.45, 2.75) is 13.8 Å². The van der Waals surface area contributed by atoms with E-state index in [1.165, 1.54) is 18.2 Å². The molecule has 18 heavy (non-hydrogen) atoms. The average Bonchev–Trinajstić information content (AvgIpc) is 2.39. The molecule has 1 aromatic rings. The molecule has 0 aromatic heterocycles. The van der Waals surface area contributed by atoms with Gasteiger partial charge >= 0.3 is 0 Å². The second kappa shape index (κ2) is 5.95. The molecule has 0 fully saturated rings. The lowest BCUT2D eigenvalue weighted by Gasteiger charge is -2.18. The molecule has 0 saturated heterocycles. The molecule has 0 N–H and O–H groups in total. The lowest BCUT2D eigenvalue weighted by atomic mass is 10.1. The number of rotatable bonds is 5. The Bertz CT molecular complexity index is 479. The van der Waals surface area contributed by atoms with Crippen LogP contribution in [0.1, 0.15) is 29.8 Å². The summed E-state index contributed by atoms with van der Waals surface area (Å²) in [5.41, 5.74) is 0.797. The van der Waals surface area contributed by atoms with Crippen molar-refractivity contribution in [1.29, 1.82) is 0 Å². The van der Waals surface area contributed by atoms with Crippen molar-refractivity contribution < 1.29 is 9.72 Å². The van der Waals surface area contributed by atoms with Gasteiger partial charge in [-0.1, -0.05) is 12.7 Å². The van der Waals surface area contributed by atoms with E-state index in [4.69, 9.17) is 0 Å². The molecule has 0 unspecified atom stereocenters. The van der Waals surface area contributed by atoms with Crippen LogP contribution in [-0.2, 0) is 0 Å². The van der Waals surface area contributed by atoms with Crippen LogP contribution in [-0.4, -0.2) is 28.8 Å². The molecule has 0 spiro atoms. The molecule has 1 aromatic carbocycles. The third kappa shape index (κ3) is 2.94. The summed E-state index contributed by atoms with van der Waals surface area (Å²) in [5.74, 6) is -0.202. The molecule has 5 heteroatoms. The highest BCUT2D eigenvalue weighted by Crippen LogP contribution is 2.19. The Morgan fingerprint density at radius 1 is 1.39 bits per heavy atom. The Hall–Kier alpha value is -2.17. The molecule has 0 aliphatic rings. The number of hydrogen-bond acceptors (Lipinski definition) is 3. The van der Waals surface area contributed by atoms with Gasteiger partial charge in [0, 0.05) is 30.8 Å². The van der Waals surface area contributed by atoms with Gasteiger partial charge in [-0.15, -0.1) is 0 Å². The highest BCUT2D eigenvalue weighted by molar-refractivity contribution is 5.95. The van der Waals surface area contributed by atoms with E-state index in [2.05, 4.69) is 6.58 Å². The quantitative estimate of drug-likeness (QED) is 0.594. The number of non-ortho nitro benzene ring substituents is 1. The SMILES string of the molecule is C=Cc1cc(C(=O)N(CC)CC)cc([N+](=O)[O-])c1. The number of nitrogens with zero attached hydrogens (tertiary/aromatic N) is 2. The molecule has 0 radical (unpaired) electrons. The van der Waals surface area contributed by atoms with Crippen molar-refractivity contribution in [2.75, 3.05) is 13.1 Å². The van der Waals surface area contributed by atoms with E-state index in [0.717, 1.165) is 0 Å². The summed E-state index contributed by atoms with van der Waals surface area (Å²) < 4.78 is 0. The Labute approximate surface area is 106 Å². The zero-order valence-corrected chi connectivity index (χ0v) is 10.5. The summed E-state index contributed by atoms with van der Waals surface area (Å²) in [5, 5.41) is 10.8. The third-order valence-corrected chi connectivity index (χ3v) is 2.68. The van der Waals surface area contributed by atoms with Gasteiger partial charge in [0.1, 0.15) is 0 Å². The van der Waals surface area contributed by atoms with Crippen molar-refractivity contribution in [3.05, 3.63) is 46.0 Å². The maximum Gasteiger partial charge on any atom is 0.270 e. The topological polar surface area (TPSA) is 63.5 Å². The van der Waals surface area contributed by atoms with Gasteiger partial charge in [0.05, 0.1) is 4.92 Å². The van der Waals surface area contributed by atoms with Gasteiger partial charge in [-0.2, -0.15) is 0 Å². The molecule has 1 rings (SSSR count). The van der Waals surface area contributed by atoms with E-state index in [9.17, 15) is 14.9 Å². The summed E-state index contributed by atoms with van der Waals surface area (Å²) in [7, 11) is 0. The van der Waals surface area contributed by atoms with Gasteiger partial charge in [0.25, 0.3) is 11.6 Å². The van der Waals surface area contributed by atoms with Crippen LogP contribution in [0.3, 0.4) is 0 Å². The molecule has 0 atom stereocenters. The lowest BCUT2D eigenvalue weighted by molar-refractivity contribution is -0.384. The normalized spacial score (nSPS) is 9.89. The first-order valence-corrected chi connectivity index (χ1v) is 5.74. The van der Waals surface area contributed by atoms with Crippen LogP contribution < -0.4 is 0 Å². The molecule has 0 aliphatic carbocycles. The fraction of sp³-hybridized carbons (Fsp3) is 0.308. The molecule has 0 saturated carbocycles. The first kappa shape index (κ1) is 13.9. The van der Waals surface area contributed by atoms with Crippen molar-refractivity contribution in [2.24, 2.45) is 0 Å². The van der Waals surface area contributed by atoms with Crippen LogP contribution >= 0.6 is 0 Å². The maximum absolute atomic E-state index is 12.1. The molecule has 5 nitrogen and oxygen atoms in total. The number of nitro benzene ring substituents is 1. The Balaban J connectivity index is 3.23. The van der Waals surface area contributed by atoms with Gasteiger partial charge in [0.2, 0.25) is 0 Å². The van der Waals surface area contributed by atoms with Crippen LogP contribution in [0.25, 0.3) is 6.08 Å². The van der Waals surface area contributed by atoms with Crippen molar-refractivity contribution in [1.82, 2.24) is 4.90 Å². The summed E-state index contributed by atoms with van der Waals surface area (Å²) >= 11 is 0. The van der Waals surface area contributed by atoms with E-state index in [1.54, 1.807) is 11.0 Å². The van der Waals surface area contributed by atoms with Crippen molar-refractivity contribution in [3.63, 3.8) is 0 Å². The minimum Gasteiger partial charge on any atom is -0.339 e. The zero-order chi connectivity index (χ0) is 13.7. The smallest absolute Gasteiger partial charge is 0.270 e. The number of carbonyl (C=O) groups is 1. The first-order chi connectivity index (χ1) is 8.53. The van der Waals surface area contributed by atoms with Crippen molar-refractivity contribution in [3.8, 4) is 0 Å². The fourth-order valence-electron chi connectivity index (χ4n) is 1.67. The third-order valence-electron chi connectivity index (χ3n) is 2.68. The van der Waals surface area contributed by atoms with Crippen LogP contribution in [0.5, 0.6) is 0 Å². The van der Waals surface area contributed by atoms with Crippen LogP contribution in [0.15, 0.2) is 24.8 Å². The van der Waals surface area contributed by atoms with Crippen LogP contribution in [0.2, 0.25) is 0 Å². The Morgan fingerprint density at radius 2 is 2.00 bits per heavy atom. The van der Waals surface area contributed by atoms with Crippen molar-refractivity contribution >= 4 is 17.7 Å². The second-order valence-electron chi connectivity index (χ2n) is 3.75. The molecule has 0 bridgehead atoms. The minimum absolute atomic E-state index is 0.0945. The van der Waals surface area contributed by atoms with E-state index in [0.29, 0.717) is 24.2 Å². The Kier molecular flexibility index (Phi) is 4.59. The van der Waals surface area contributed by atoms with E-state index in [1.807, 2.05) is 13.8 Å². The summed E-state index contributed by atoms with van der Waals surface area (Å²) in [6.07, 6.45) is 1.49. The molecule has 1 amide bonds. The largest absolute Gasteiger partial charge is 0.339 e. The number of benzene rings is 1. The summed E-state index contributed by atoms with van der Waals surface area (Å²) in [4.78, 5) is 24.0. The summed E-state index contributed by atoms with van der Waals surface area (Å²) in [6.45, 7) is 8.45. The predicted octanol–water partition coefficient (Wildman–Crippen LogP) is 2.72. The van der Waals surface area contributed by atoms with Gasteiger partial charge in [-0.05, 0) is 25.5 Å². The minimum atomic E-state index is -0.508. The molecular weight excluding hydrogens is 232 g/mol. The Morgan fingerprint density at radius 3 is 2.44 bits per heavy atom.